The molecule has 1 fully saturated rings. The number of carbonyl (C=O) groups is 2. The van der Waals surface area contributed by atoms with Gasteiger partial charge in [-0.3, -0.25) is 9.97 Å². The first-order valence-electron chi connectivity index (χ1n) is 20.7. The molecule has 0 spiro atoms. The number of halogens is 7. The largest absolute Gasteiger partial charge is 0.490 e. The summed E-state index contributed by atoms with van der Waals surface area (Å²) in [6, 6.07) is 10.8. The zero-order valence-electron chi connectivity index (χ0n) is 37.6. The fourth-order valence-corrected chi connectivity index (χ4v) is 7.30. The molecule has 4 aromatic rings. The first-order valence-corrected chi connectivity index (χ1v) is 21.5. The van der Waals surface area contributed by atoms with Crippen molar-refractivity contribution in [1.82, 2.24) is 19.8 Å². The Morgan fingerprint density at radius 3 is 1.56 bits per heavy atom. The van der Waals surface area contributed by atoms with E-state index in [0.717, 1.165) is 29.6 Å². The van der Waals surface area contributed by atoms with E-state index in [1.807, 2.05) is 60.6 Å². The Morgan fingerprint density at radius 2 is 1.12 bits per heavy atom. The summed E-state index contributed by atoms with van der Waals surface area (Å²) in [6.07, 6.45) is -1.34. The van der Waals surface area contributed by atoms with Gasteiger partial charge in [0.1, 0.15) is 11.2 Å². The van der Waals surface area contributed by atoms with Gasteiger partial charge >= 0.3 is 31.7 Å². The average Bonchev–Trinajstić information content (AvgIpc) is 3.41. The van der Waals surface area contributed by atoms with Gasteiger partial charge in [-0.25, -0.2) is 9.59 Å². The molecule has 0 N–H and O–H groups in total. The van der Waals surface area contributed by atoms with Gasteiger partial charge in [0.05, 0.1) is 33.4 Å². The third-order valence-corrected chi connectivity index (χ3v) is 11.4. The second-order valence-corrected chi connectivity index (χ2v) is 19.4. The molecular weight excluding hydrogens is 909 g/mol. The van der Waals surface area contributed by atoms with E-state index in [-0.39, 0.29) is 35.2 Å². The summed E-state index contributed by atoms with van der Waals surface area (Å²) in [7, 11) is -0.314. The lowest BCUT2D eigenvalue weighted by Crippen LogP contribution is -2.41. The highest BCUT2D eigenvalue weighted by Gasteiger charge is 2.52. The van der Waals surface area contributed by atoms with E-state index >= 15 is 0 Å². The highest BCUT2D eigenvalue weighted by molar-refractivity contribution is 9.10. The Morgan fingerprint density at radius 1 is 0.672 bits per heavy atom. The number of fused-ring (bicyclic) bond motifs is 2. The van der Waals surface area contributed by atoms with Crippen LogP contribution in [0.4, 0.5) is 35.9 Å². The zero-order chi connectivity index (χ0) is 47.6. The van der Waals surface area contributed by atoms with Gasteiger partial charge in [-0.05, 0) is 139 Å². The van der Waals surface area contributed by atoms with E-state index < -0.39 is 40.8 Å². The first kappa shape index (κ1) is 50.3. The van der Waals surface area contributed by atoms with Crippen molar-refractivity contribution in [3.63, 3.8) is 0 Å². The van der Waals surface area contributed by atoms with Gasteiger partial charge in [0.25, 0.3) is 0 Å². The van der Waals surface area contributed by atoms with Crippen molar-refractivity contribution in [2.24, 2.45) is 0 Å². The van der Waals surface area contributed by atoms with Crippen LogP contribution in [0.25, 0.3) is 27.4 Å². The lowest BCUT2D eigenvalue weighted by molar-refractivity contribution is -0.137. The van der Waals surface area contributed by atoms with Gasteiger partial charge in [0.15, 0.2) is 0 Å². The zero-order valence-corrected chi connectivity index (χ0v) is 39.2. The van der Waals surface area contributed by atoms with Crippen LogP contribution in [-0.4, -0.2) is 87.7 Å². The summed E-state index contributed by atoms with van der Waals surface area (Å²) >= 11 is 3.17. The van der Waals surface area contributed by atoms with E-state index in [1.165, 1.54) is 48.8 Å². The van der Waals surface area contributed by atoms with Crippen molar-refractivity contribution in [2.75, 3.05) is 26.2 Å². The Balaban J connectivity index is 0.000000188. The summed E-state index contributed by atoms with van der Waals surface area (Å²) in [5, 5.41) is 0.192. The van der Waals surface area contributed by atoms with Gasteiger partial charge in [-0.2, -0.15) is 26.3 Å². The molecule has 3 aliphatic rings. The maximum absolute atomic E-state index is 13.3. The molecule has 5 heterocycles. The summed E-state index contributed by atoms with van der Waals surface area (Å²) in [6.45, 7) is 21.2. The summed E-state index contributed by atoms with van der Waals surface area (Å²) < 4.78 is 101. The van der Waals surface area contributed by atoms with E-state index in [4.69, 9.17) is 18.8 Å². The Labute approximate surface area is 378 Å². The van der Waals surface area contributed by atoms with Crippen LogP contribution in [0.1, 0.15) is 98.8 Å². The molecule has 2 aromatic heterocycles. The van der Waals surface area contributed by atoms with Crippen molar-refractivity contribution < 1.29 is 54.7 Å². The maximum Gasteiger partial charge on any atom is 0.490 e. The SMILES string of the molecule is CC(C)(C)OC(=O)N1CC=C(B2OC(C)(C)C(C)(C)O2)CC1.CC(C)(C)OC(=O)N1CC=C(c2ccc(C(F)(F)F)c3cccnc23)CC1.FC(F)(F)c1ccc(Br)c2ncccc12. The minimum absolute atomic E-state index is 0.0815. The predicted octanol–water partition coefficient (Wildman–Crippen LogP) is 12.5. The minimum Gasteiger partial charge on any atom is -0.444 e. The van der Waals surface area contributed by atoms with E-state index in [0.29, 0.717) is 53.7 Å². The fourth-order valence-electron chi connectivity index (χ4n) is 6.86. The predicted molar refractivity (Wildman–Crippen MR) is 238 cm³/mol. The Hall–Kier alpha value is -4.68. The normalized spacial score (nSPS) is 17.7. The summed E-state index contributed by atoms with van der Waals surface area (Å²) in [4.78, 5) is 35.6. The quantitative estimate of drug-likeness (QED) is 0.145. The third kappa shape index (κ3) is 12.6. The van der Waals surface area contributed by atoms with E-state index in [1.54, 1.807) is 30.6 Å². The first-order chi connectivity index (χ1) is 29.5. The highest BCUT2D eigenvalue weighted by Crippen LogP contribution is 2.41. The van der Waals surface area contributed by atoms with Crippen LogP contribution in [-0.2, 0) is 31.1 Å². The second-order valence-electron chi connectivity index (χ2n) is 18.5. The van der Waals surface area contributed by atoms with Crippen molar-refractivity contribution >= 4 is 62.6 Å². The molecule has 2 amide bonds. The lowest BCUT2D eigenvalue weighted by atomic mass is 9.75. The molecule has 0 atom stereocenters. The molecule has 0 bridgehead atoms. The van der Waals surface area contributed by atoms with Gasteiger partial charge < -0.3 is 28.6 Å². The molecule has 3 aliphatic heterocycles. The molecule has 64 heavy (non-hydrogen) atoms. The Bertz CT molecular complexity index is 2390. The molecule has 7 rings (SSSR count). The molecule has 10 nitrogen and oxygen atoms in total. The number of benzene rings is 2. The number of rotatable bonds is 2. The molecule has 0 radical (unpaired) electrons. The topological polar surface area (TPSA) is 103 Å². The fraction of sp³-hybridized carbons (Fsp3) is 0.478. The number of pyridine rings is 2. The van der Waals surface area contributed by atoms with Gasteiger partial charge in [-0.1, -0.05) is 30.4 Å². The monoisotopic (exact) mass is 962 g/mol. The number of amides is 2. The van der Waals surface area contributed by atoms with Crippen LogP contribution < -0.4 is 0 Å². The molecular formula is C46H54BBrF6N4O6. The maximum atomic E-state index is 13.3. The van der Waals surface area contributed by atoms with Crippen molar-refractivity contribution in [3.8, 4) is 0 Å². The summed E-state index contributed by atoms with van der Waals surface area (Å²) in [5.41, 5.74) is 0.253. The molecule has 2 aromatic carbocycles. The standard InChI is InChI=1S/C20H21F3N2O2.C16H28BNO4.C10H5BrF3N/c1-19(2,3)27-18(26)25-11-8-13(9-12-25)14-6-7-16(20(21,22)23)15-5-4-10-24-17(14)15;1-14(2,3)20-13(19)18-10-8-12(9-11-18)17-21-15(4,5)16(6,7)22-17;11-8-4-3-7(10(12,13)14)6-2-1-5-15-9(6)8/h4-8,10H,9,11-12H2,1-3H3;8H,9-11H2,1-7H3;1-5H. The van der Waals surface area contributed by atoms with Crippen LogP contribution >= 0.6 is 15.9 Å². The average molecular weight is 964 g/mol. The number of carbonyl (C=O) groups excluding carboxylic acids is 2. The number of ether oxygens (including phenoxy) is 2. The Kier molecular flexibility index (Phi) is 15.0. The number of hydrogen-bond acceptors (Lipinski definition) is 8. The van der Waals surface area contributed by atoms with Gasteiger partial charge in [0.2, 0.25) is 0 Å². The van der Waals surface area contributed by atoms with E-state index in [9.17, 15) is 35.9 Å². The molecule has 18 heteroatoms. The van der Waals surface area contributed by atoms with Crippen LogP contribution in [0.15, 0.2) is 83.0 Å². The number of alkyl halides is 6. The molecule has 346 valence electrons. The van der Waals surface area contributed by atoms with E-state index in [2.05, 4.69) is 25.9 Å². The van der Waals surface area contributed by atoms with Crippen LogP contribution in [0.5, 0.6) is 0 Å². The molecule has 0 unspecified atom stereocenters. The lowest BCUT2D eigenvalue weighted by Gasteiger charge is -2.32. The molecule has 0 aliphatic carbocycles. The molecule has 1 saturated heterocycles. The smallest absolute Gasteiger partial charge is 0.444 e. The number of aromatic nitrogens is 2. The van der Waals surface area contributed by atoms with Crippen molar-refractivity contribution in [1.29, 1.82) is 0 Å². The number of nitrogens with zero attached hydrogens (tertiary/aromatic N) is 4. The van der Waals surface area contributed by atoms with Gasteiger partial charge in [0, 0.05) is 59.4 Å². The van der Waals surface area contributed by atoms with Crippen LogP contribution in [0.3, 0.4) is 0 Å². The minimum atomic E-state index is -4.44. The van der Waals surface area contributed by atoms with Crippen molar-refractivity contribution in [3.05, 3.63) is 99.7 Å². The second kappa shape index (κ2) is 19.0. The van der Waals surface area contributed by atoms with Crippen LogP contribution in [0, 0.1) is 0 Å². The third-order valence-electron chi connectivity index (χ3n) is 10.8. The van der Waals surface area contributed by atoms with Crippen LogP contribution in [0.2, 0.25) is 0 Å². The van der Waals surface area contributed by atoms with Crippen molar-refractivity contribution in [2.45, 2.75) is 117 Å². The highest BCUT2D eigenvalue weighted by atomic mass is 79.9. The van der Waals surface area contributed by atoms with Gasteiger partial charge in [-0.15, -0.1) is 0 Å². The summed E-state index contributed by atoms with van der Waals surface area (Å²) in [5.74, 6) is 0. The number of hydrogen-bond donors (Lipinski definition) is 0. The molecule has 0 saturated carbocycles.